The predicted molar refractivity (Wildman–Crippen MR) is 145 cm³/mol. The Hall–Kier alpha value is -2.00. The monoisotopic (exact) mass is 536 g/mol. The number of carbonyl (C=O) groups excluding carboxylic acids is 2. The van der Waals surface area contributed by atoms with E-state index in [0.29, 0.717) is 0 Å². The van der Waals surface area contributed by atoms with Gasteiger partial charge in [-0.25, -0.2) is 0 Å². The van der Waals surface area contributed by atoms with Gasteiger partial charge in [0.25, 0.3) is 0 Å². The van der Waals surface area contributed by atoms with Gasteiger partial charge in [0.1, 0.15) is 17.8 Å². The van der Waals surface area contributed by atoms with Crippen LogP contribution in [0.25, 0.3) is 0 Å². The number of cyclic esters (lactones) is 1. The molecule has 0 saturated carbocycles. The van der Waals surface area contributed by atoms with Crippen LogP contribution < -0.4 is 0 Å². The molecule has 0 aromatic heterocycles. The summed E-state index contributed by atoms with van der Waals surface area (Å²) < 4.78 is 16.9. The number of carbonyl (C=O) groups is 2. The van der Waals surface area contributed by atoms with Crippen LogP contribution >= 0.6 is 0 Å². The van der Waals surface area contributed by atoms with E-state index in [0.717, 1.165) is 18.4 Å². The second kappa shape index (κ2) is 14.4. The first-order chi connectivity index (χ1) is 17.7. The maximum atomic E-state index is 12.6. The second-order valence-electron chi connectivity index (χ2n) is 11.4. The maximum Gasteiger partial charge on any atom is 0.309 e. The lowest BCUT2D eigenvalue weighted by Crippen LogP contribution is -2.42. The van der Waals surface area contributed by atoms with E-state index in [-0.39, 0.29) is 55.3 Å². The van der Waals surface area contributed by atoms with E-state index in [9.17, 15) is 24.9 Å². The van der Waals surface area contributed by atoms with E-state index in [4.69, 9.17) is 14.2 Å². The molecule has 0 aromatic rings. The topological polar surface area (TPSA) is 126 Å². The lowest BCUT2D eigenvalue weighted by atomic mass is 9.88. The minimum Gasteiger partial charge on any atom is -0.457 e. The quantitative estimate of drug-likeness (QED) is 0.175. The van der Waals surface area contributed by atoms with E-state index >= 15 is 0 Å². The van der Waals surface area contributed by atoms with Crippen LogP contribution in [0.3, 0.4) is 0 Å². The zero-order valence-corrected chi connectivity index (χ0v) is 24.0. The molecule has 2 heterocycles. The minimum atomic E-state index is -1.40. The van der Waals surface area contributed by atoms with Crippen LogP contribution in [0.2, 0.25) is 0 Å². The molecule has 0 aromatic carbocycles. The van der Waals surface area contributed by atoms with E-state index in [1.807, 2.05) is 39.8 Å². The third-order valence-electron chi connectivity index (χ3n) is 7.63. The molecule has 0 spiro atoms. The van der Waals surface area contributed by atoms with Crippen LogP contribution in [0.1, 0.15) is 80.6 Å². The number of aliphatic hydroxyl groups is 3. The molecule has 0 amide bonds. The van der Waals surface area contributed by atoms with Crippen LogP contribution in [0.5, 0.6) is 0 Å². The molecule has 38 heavy (non-hydrogen) atoms. The Kier molecular flexibility index (Phi) is 12.2. The molecule has 216 valence electrons. The normalized spacial score (nSPS) is 35.5. The number of ether oxygens (including phenoxy) is 3. The first kappa shape index (κ1) is 32.2. The van der Waals surface area contributed by atoms with Crippen molar-refractivity contribution in [3.05, 3.63) is 36.0 Å². The second-order valence-corrected chi connectivity index (χ2v) is 11.4. The van der Waals surface area contributed by atoms with E-state index in [1.54, 1.807) is 19.1 Å². The van der Waals surface area contributed by atoms with Gasteiger partial charge in [-0.15, -0.1) is 0 Å². The standard InChI is InChI=1S/C30H48O8/c1-8-24(33)21(5)29-25(37-29)16-18(2)10-9-11-19(3)28-20(4)12-13-26(36-22(6)31)30(7,35)15-14-23(32)17-27(34)38-28/h9-13,18,20-21,23-26,28-29,32-33,35H,8,14-17H2,1-7H3. The van der Waals surface area contributed by atoms with Crippen molar-refractivity contribution in [2.45, 2.75) is 123 Å². The van der Waals surface area contributed by atoms with Gasteiger partial charge in [0.05, 0.1) is 30.8 Å². The molecule has 2 rings (SSSR count). The number of esters is 2. The summed E-state index contributed by atoms with van der Waals surface area (Å²) in [6, 6.07) is 0. The largest absolute Gasteiger partial charge is 0.457 e. The van der Waals surface area contributed by atoms with Crippen LogP contribution in [0, 0.1) is 17.8 Å². The van der Waals surface area contributed by atoms with Crippen LogP contribution in [-0.2, 0) is 23.8 Å². The summed E-state index contributed by atoms with van der Waals surface area (Å²) in [5.41, 5.74) is -0.580. The summed E-state index contributed by atoms with van der Waals surface area (Å²) in [4.78, 5) is 24.2. The number of rotatable bonds is 9. The number of allylic oxidation sites excluding steroid dienone is 3. The Morgan fingerprint density at radius 2 is 1.97 bits per heavy atom. The third kappa shape index (κ3) is 9.95. The van der Waals surface area contributed by atoms with Crippen molar-refractivity contribution >= 4 is 11.9 Å². The Balaban J connectivity index is 2.12. The van der Waals surface area contributed by atoms with E-state index in [1.165, 1.54) is 6.92 Å². The van der Waals surface area contributed by atoms with Crippen molar-refractivity contribution in [1.29, 1.82) is 0 Å². The highest BCUT2D eigenvalue weighted by atomic mass is 16.6. The Morgan fingerprint density at radius 1 is 1.29 bits per heavy atom. The molecule has 3 N–H and O–H groups in total. The zero-order chi connectivity index (χ0) is 28.6. The van der Waals surface area contributed by atoms with E-state index < -0.39 is 35.9 Å². The fourth-order valence-electron chi connectivity index (χ4n) is 4.97. The fraction of sp³-hybridized carbons (Fsp3) is 0.733. The minimum absolute atomic E-state index is 0.105. The SMILES string of the molecule is CCC(O)C(C)C1OC1CC(C)C=CC=C(C)C1OC(=O)CC(O)CCC(C)(O)C(OC(C)=O)C=CC1C. The van der Waals surface area contributed by atoms with Gasteiger partial charge in [-0.2, -0.15) is 0 Å². The van der Waals surface area contributed by atoms with Gasteiger partial charge in [-0.05, 0) is 57.1 Å². The van der Waals surface area contributed by atoms with Gasteiger partial charge < -0.3 is 29.5 Å². The first-order valence-corrected chi connectivity index (χ1v) is 13.9. The van der Waals surface area contributed by atoms with Crippen LogP contribution in [-0.4, -0.2) is 69.5 Å². The Bertz CT molecular complexity index is 875. The van der Waals surface area contributed by atoms with Gasteiger partial charge >= 0.3 is 11.9 Å². The number of epoxide rings is 1. The molecule has 8 heteroatoms. The highest BCUT2D eigenvalue weighted by molar-refractivity contribution is 5.70. The molecular weight excluding hydrogens is 488 g/mol. The smallest absolute Gasteiger partial charge is 0.309 e. The van der Waals surface area contributed by atoms with Crippen molar-refractivity contribution < 1.29 is 39.1 Å². The molecule has 10 atom stereocenters. The lowest BCUT2D eigenvalue weighted by Gasteiger charge is -2.32. The predicted octanol–water partition coefficient (Wildman–Crippen LogP) is 4.02. The van der Waals surface area contributed by atoms with Crippen molar-refractivity contribution in [1.82, 2.24) is 0 Å². The molecule has 2 aliphatic heterocycles. The van der Waals surface area contributed by atoms with Crippen molar-refractivity contribution in [2.24, 2.45) is 17.8 Å². The summed E-state index contributed by atoms with van der Waals surface area (Å²) in [7, 11) is 0. The molecule has 0 bridgehead atoms. The summed E-state index contributed by atoms with van der Waals surface area (Å²) in [6.45, 7) is 12.7. The highest BCUT2D eigenvalue weighted by Crippen LogP contribution is 2.36. The first-order valence-electron chi connectivity index (χ1n) is 13.9. The summed E-state index contributed by atoms with van der Waals surface area (Å²) in [6.07, 6.45) is 8.50. The molecule has 0 aliphatic carbocycles. The molecule has 1 fully saturated rings. The molecule has 1 saturated heterocycles. The average Bonchev–Trinajstić information content (AvgIpc) is 3.60. The summed E-state index contributed by atoms with van der Waals surface area (Å²) in [5, 5.41) is 31.3. The Labute approximate surface area is 227 Å². The van der Waals surface area contributed by atoms with Crippen molar-refractivity contribution in [3.8, 4) is 0 Å². The van der Waals surface area contributed by atoms with Crippen LogP contribution in [0.15, 0.2) is 36.0 Å². The molecule has 0 radical (unpaired) electrons. The van der Waals surface area contributed by atoms with Gasteiger partial charge in [-0.3, -0.25) is 9.59 Å². The highest BCUT2D eigenvalue weighted by Gasteiger charge is 2.45. The van der Waals surface area contributed by atoms with Gasteiger partial charge in [0.15, 0.2) is 0 Å². The maximum absolute atomic E-state index is 12.6. The summed E-state index contributed by atoms with van der Waals surface area (Å²) in [5.74, 6) is -0.921. The average molecular weight is 537 g/mol. The van der Waals surface area contributed by atoms with E-state index in [2.05, 4.69) is 13.0 Å². The zero-order valence-electron chi connectivity index (χ0n) is 24.0. The van der Waals surface area contributed by atoms with Gasteiger partial charge in [0, 0.05) is 18.8 Å². The third-order valence-corrected chi connectivity index (χ3v) is 7.63. The van der Waals surface area contributed by atoms with Crippen molar-refractivity contribution in [3.63, 3.8) is 0 Å². The van der Waals surface area contributed by atoms with Crippen molar-refractivity contribution in [2.75, 3.05) is 0 Å². The number of aliphatic hydroxyl groups excluding tert-OH is 2. The fourth-order valence-corrected chi connectivity index (χ4v) is 4.97. The number of hydrogen-bond acceptors (Lipinski definition) is 8. The Morgan fingerprint density at radius 3 is 2.61 bits per heavy atom. The van der Waals surface area contributed by atoms with Gasteiger partial charge in [-0.1, -0.05) is 52.0 Å². The van der Waals surface area contributed by atoms with Crippen LogP contribution in [0.4, 0.5) is 0 Å². The molecular formula is C30H48O8. The number of hydrogen-bond donors (Lipinski definition) is 3. The molecule has 2 aliphatic rings. The molecule has 8 nitrogen and oxygen atoms in total. The lowest BCUT2D eigenvalue weighted by molar-refractivity contribution is -0.157. The summed E-state index contributed by atoms with van der Waals surface area (Å²) >= 11 is 0. The molecule has 10 unspecified atom stereocenters. The van der Waals surface area contributed by atoms with Gasteiger partial charge in [0.2, 0.25) is 0 Å².